The molecular formula is C25H22N4O6S2. The monoisotopic (exact) mass is 538 g/mol. The van der Waals surface area contributed by atoms with E-state index >= 15 is 0 Å². The molecule has 0 radical (unpaired) electrons. The minimum Gasteiger partial charge on any atom is -0.459 e. The Balaban J connectivity index is 1.57. The number of nitro benzene ring substituents is 1. The van der Waals surface area contributed by atoms with Gasteiger partial charge in [-0.25, -0.2) is 8.42 Å². The first-order valence-electron chi connectivity index (χ1n) is 11.4. The normalized spacial score (nSPS) is 18.7. The highest BCUT2D eigenvalue weighted by molar-refractivity contribution is 8.11. The highest BCUT2D eigenvalue weighted by Crippen LogP contribution is 2.51. The van der Waals surface area contributed by atoms with Crippen LogP contribution in [0.4, 0.5) is 5.69 Å². The molecule has 1 saturated heterocycles. The molecule has 1 unspecified atom stereocenters. The smallest absolute Gasteiger partial charge is 0.269 e. The van der Waals surface area contributed by atoms with E-state index in [9.17, 15) is 23.8 Å². The van der Waals surface area contributed by atoms with Crippen LogP contribution in [-0.4, -0.2) is 48.3 Å². The summed E-state index contributed by atoms with van der Waals surface area (Å²) in [6.07, 6.45) is 0. The van der Waals surface area contributed by atoms with Crippen molar-refractivity contribution < 1.29 is 22.5 Å². The first kappa shape index (κ1) is 25.0. The quantitative estimate of drug-likeness (QED) is 0.251. The maximum Gasteiger partial charge on any atom is 0.269 e. The minimum absolute atomic E-state index is 0.0528. The molecule has 0 bridgehead atoms. The van der Waals surface area contributed by atoms with Gasteiger partial charge in [0, 0.05) is 30.8 Å². The largest absolute Gasteiger partial charge is 0.459 e. The van der Waals surface area contributed by atoms with E-state index in [0.29, 0.717) is 42.7 Å². The Bertz CT molecular complexity index is 1500. The van der Waals surface area contributed by atoms with Gasteiger partial charge < -0.3 is 14.1 Å². The fourth-order valence-corrected chi connectivity index (χ4v) is 7.24. The van der Waals surface area contributed by atoms with E-state index in [1.165, 1.54) is 15.8 Å². The van der Waals surface area contributed by atoms with Crippen molar-refractivity contribution in [3.63, 3.8) is 0 Å². The number of furan rings is 1. The Morgan fingerprint density at radius 3 is 2.35 bits per heavy atom. The lowest BCUT2D eigenvalue weighted by Crippen LogP contribution is -2.35. The number of ether oxygens (including phenoxy) is 1. The van der Waals surface area contributed by atoms with Crippen LogP contribution in [-0.2, 0) is 14.8 Å². The summed E-state index contributed by atoms with van der Waals surface area (Å²) >= 11 is 1.01. The zero-order valence-corrected chi connectivity index (χ0v) is 21.4. The number of nitriles is 1. The third-order valence-electron chi connectivity index (χ3n) is 6.12. The molecule has 2 aliphatic heterocycles. The number of sulfonamides is 1. The fraction of sp³-hybridized carbons (Fsp3) is 0.240. The van der Waals surface area contributed by atoms with Crippen LogP contribution >= 0.6 is 11.9 Å². The van der Waals surface area contributed by atoms with E-state index in [1.54, 1.807) is 48.5 Å². The molecule has 0 saturated carbocycles. The molecule has 0 amide bonds. The van der Waals surface area contributed by atoms with Gasteiger partial charge in [0.15, 0.2) is 0 Å². The Hall–Kier alpha value is -3.63. The number of benzene rings is 2. The molecule has 2 aromatic carbocycles. The Labute approximate surface area is 218 Å². The van der Waals surface area contributed by atoms with Crippen molar-refractivity contribution in [2.45, 2.75) is 17.9 Å². The first-order chi connectivity index (χ1) is 17.8. The maximum atomic E-state index is 13.8. The number of non-ortho nitro benzene ring substituents is 1. The van der Waals surface area contributed by atoms with Crippen LogP contribution in [0.1, 0.15) is 17.4 Å². The summed E-state index contributed by atoms with van der Waals surface area (Å²) in [5.41, 5.74) is 1.73. The van der Waals surface area contributed by atoms with Gasteiger partial charge in [0.05, 0.1) is 34.7 Å². The molecule has 190 valence electrons. The third kappa shape index (κ3) is 4.74. The minimum atomic E-state index is -4.03. The molecule has 0 aliphatic carbocycles. The number of hydrogen-bond donors (Lipinski definition) is 0. The zero-order valence-electron chi connectivity index (χ0n) is 19.7. The molecule has 5 rings (SSSR count). The summed E-state index contributed by atoms with van der Waals surface area (Å²) in [5, 5.41) is 21.7. The van der Waals surface area contributed by atoms with Crippen molar-refractivity contribution in [2.75, 3.05) is 26.3 Å². The summed E-state index contributed by atoms with van der Waals surface area (Å²) in [7, 11) is -4.03. The van der Waals surface area contributed by atoms with E-state index in [4.69, 9.17) is 9.15 Å². The molecule has 1 aromatic heterocycles. The molecule has 37 heavy (non-hydrogen) atoms. The van der Waals surface area contributed by atoms with Crippen LogP contribution in [0.5, 0.6) is 0 Å². The average Bonchev–Trinajstić information content (AvgIpc) is 3.55. The van der Waals surface area contributed by atoms with Gasteiger partial charge in [0.25, 0.3) is 15.7 Å². The van der Waals surface area contributed by atoms with Gasteiger partial charge in [-0.05, 0) is 55.3 Å². The van der Waals surface area contributed by atoms with Crippen LogP contribution in [0, 0.1) is 28.4 Å². The summed E-state index contributed by atoms with van der Waals surface area (Å²) in [6, 6.07) is 16.9. The predicted molar refractivity (Wildman–Crippen MR) is 136 cm³/mol. The van der Waals surface area contributed by atoms with Crippen LogP contribution in [0.25, 0.3) is 11.3 Å². The van der Waals surface area contributed by atoms with E-state index < -0.39 is 21.0 Å². The Morgan fingerprint density at radius 1 is 1.05 bits per heavy atom. The SMILES string of the molecule is Cc1ccc(S(=O)(=O)N2SC(N3CCOCC3)=C(C#N)C2c2ccc(-c3ccc([N+](=O)[O-])cc3)o2)cc1. The summed E-state index contributed by atoms with van der Waals surface area (Å²) in [5.74, 6) is 0.677. The predicted octanol–water partition coefficient (Wildman–Crippen LogP) is 4.62. The molecule has 0 spiro atoms. The van der Waals surface area contributed by atoms with Gasteiger partial charge in [-0.2, -0.15) is 5.26 Å². The fourth-order valence-electron chi connectivity index (χ4n) is 4.16. The van der Waals surface area contributed by atoms with Gasteiger partial charge in [0.2, 0.25) is 0 Å². The number of morpholine rings is 1. The number of nitro groups is 1. The van der Waals surface area contributed by atoms with Crippen molar-refractivity contribution in [1.29, 1.82) is 5.26 Å². The third-order valence-corrected chi connectivity index (χ3v) is 9.53. The lowest BCUT2D eigenvalue weighted by Gasteiger charge is -2.29. The van der Waals surface area contributed by atoms with Gasteiger partial charge in [0.1, 0.15) is 22.6 Å². The summed E-state index contributed by atoms with van der Waals surface area (Å²) in [4.78, 5) is 12.6. The number of nitrogens with zero attached hydrogens (tertiary/aromatic N) is 4. The second-order valence-corrected chi connectivity index (χ2v) is 11.5. The van der Waals surface area contributed by atoms with Crippen molar-refractivity contribution in [3.8, 4) is 17.4 Å². The van der Waals surface area contributed by atoms with Crippen LogP contribution in [0.3, 0.4) is 0 Å². The van der Waals surface area contributed by atoms with Crippen LogP contribution < -0.4 is 0 Å². The van der Waals surface area contributed by atoms with E-state index in [-0.39, 0.29) is 21.9 Å². The van der Waals surface area contributed by atoms with Gasteiger partial charge in [-0.15, -0.1) is 3.71 Å². The zero-order chi connectivity index (χ0) is 26.2. The van der Waals surface area contributed by atoms with E-state index in [2.05, 4.69) is 6.07 Å². The van der Waals surface area contributed by atoms with Crippen molar-refractivity contribution >= 4 is 27.7 Å². The van der Waals surface area contributed by atoms with Gasteiger partial charge >= 0.3 is 0 Å². The van der Waals surface area contributed by atoms with Gasteiger partial charge in [-0.1, -0.05) is 17.7 Å². The highest BCUT2D eigenvalue weighted by Gasteiger charge is 2.46. The van der Waals surface area contributed by atoms with Crippen molar-refractivity contribution in [1.82, 2.24) is 8.61 Å². The van der Waals surface area contributed by atoms with Gasteiger partial charge in [-0.3, -0.25) is 10.1 Å². The molecule has 1 atom stereocenters. The molecule has 1 fully saturated rings. The number of rotatable bonds is 6. The topological polar surface area (TPSA) is 130 Å². The second kappa shape index (κ2) is 10.0. The molecule has 2 aliphatic rings. The average molecular weight is 539 g/mol. The molecule has 12 heteroatoms. The molecule has 3 heterocycles. The van der Waals surface area contributed by atoms with E-state index in [0.717, 1.165) is 17.5 Å². The first-order valence-corrected chi connectivity index (χ1v) is 13.6. The summed E-state index contributed by atoms with van der Waals surface area (Å²) in [6.45, 7) is 3.89. The Morgan fingerprint density at radius 2 is 1.73 bits per heavy atom. The van der Waals surface area contributed by atoms with Crippen molar-refractivity contribution in [3.05, 3.63) is 92.7 Å². The number of aryl methyl sites for hydroxylation is 1. The maximum absolute atomic E-state index is 13.8. The second-order valence-electron chi connectivity index (χ2n) is 8.50. The number of hydrogen-bond acceptors (Lipinski definition) is 9. The highest BCUT2D eigenvalue weighted by atomic mass is 32.3. The van der Waals surface area contributed by atoms with E-state index in [1.807, 2.05) is 11.8 Å². The lowest BCUT2D eigenvalue weighted by atomic mass is 10.1. The standard InChI is InChI=1S/C25H22N4O6S2/c1-17-2-8-20(9-3-17)37(32,33)29-24(21(16-26)25(36-29)27-12-14-34-15-13-27)23-11-10-22(35-23)18-4-6-19(7-5-18)28(30)31/h2-11,24H,12-15H2,1H3. The molecule has 3 aromatic rings. The van der Waals surface area contributed by atoms with Crippen LogP contribution in [0.15, 0.2) is 80.6 Å². The lowest BCUT2D eigenvalue weighted by molar-refractivity contribution is -0.384. The molecule has 10 nitrogen and oxygen atoms in total. The molecular weight excluding hydrogens is 516 g/mol. The van der Waals surface area contributed by atoms with Crippen LogP contribution in [0.2, 0.25) is 0 Å². The van der Waals surface area contributed by atoms with Crippen molar-refractivity contribution in [2.24, 2.45) is 0 Å². The molecule has 0 N–H and O–H groups in total. The summed E-state index contributed by atoms with van der Waals surface area (Å²) < 4.78 is 40.4. The Kier molecular flexibility index (Phi) is 6.78.